The van der Waals surface area contributed by atoms with E-state index in [0.717, 1.165) is 21.8 Å². The van der Waals surface area contributed by atoms with Crippen LogP contribution in [0.1, 0.15) is 22.1 Å². The number of rotatable bonds is 3. The first-order chi connectivity index (χ1) is 9.19. The van der Waals surface area contributed by atoms with Crippen LogP contribution in [0.5, 0.6) is 5.75 Å². The molecule has 3 aromatic rings. The van der Waals surface area contributed by atoms with E-state index in [1.165, 1.54) is 9.40 Å². The molecule has 2 nitrogen and oxygen atoms in total. The Morgan fingerprint density at radius 3 is 2.68 bits per heavy atom. The smallest absolute Gasteiger partial charge is 0.119 e. The molecule has 98 valence electrons. The second-order valence-electron chi connectivity index (χ2n) is 4.42. The van der Waals surface area contributed by atoms with Crippen molar-refractivity contribution in [3.63, 3.8) is 0 Å². The molecule has 4 heteroatoms. The molecule has 19 heavy (non-hydrogen) atoms. The quantitative estimate of drug-likeness (QED) is 0.776. The van der Waals surface area contributed by atoms with Crippen molar-refractivity contribution < 1.29 is 9.84 Å². The molecule has 1 aromatic carbocycles. The van der Waals surface area contributed by atoms with Crippen molar-refractivity contribution >= 4 is 32.1 Å². The van der Waals surface area contributed by atoms with Gasteiger partial charge in [0.15, 0.2) is 0 Å². The molecule has 3 rings (SSSR count). The highest BCUT2D eigenvalue weighted by atomic mass is 32.1. The fraction of sp³-hybridized carbons (Fsp3) is 0.200. The summed E-state index contributed by atoms with van der Waals surface area (Å²) in [4.78, 5) is 0.995. The zero-order valence-corrected chi connectivity index (χ0v) is 12.3. The number of fused-ring (bicyclic) bond motifs is 1. The molecular weight excluding hydrogens is 276 g/mol. The Hall–Kier alpha value is -1.36. The van der Waals surface area contributed by atoms with Crippen LogP contribution in [0.4, 0.5) is 0 Å². The largest absolute Gasteiger partial charge is 0.497 e. The number of aliphatic hydroxyl groups excluding tert-OH is 1. The third-order valence-electron chi connectivity index (χ3n) is 3.20. The molecule has 2 heterocycles. The Morgan fingerprint density at radius 2 is 2.00 bits per heavy atom. The van der Waals surface area contributed by atoms with E-state index in [1.807, 2.05) is 25.1 Å². The molecule has 0 radical (unpaired) electrons. The molecule has 0 saturated heterocycles. The van der Waals surface area contributed by atoms with Gasteiger partial charge < -0.3 is 9.84 Å². The maximum Gasteiger partial charge on any atom is 0.119 e. The third-order valence-corrected chi connectivity index (χ3v) is 5.35. The molecule has 0 spiro atoms. The molecule has 1 N–H and O–H groups in total. The van der Waals surface area contributed by atoms with Gasteiger partial charge in [0, 0.05) is 14.3 Å². The van der Waals surface area contributed by atoms with E-state index in [1.54, 1.807) is 29.8 Å². The number of hydrogen-bond donors (Lipinski definition) is 1. The molecule has 0 aliphatic carbocycles. The number of aliphatic hydroxyl groups is 1. The summed E-state index contributed by atoms with van der Waals surface area (Å²) in [7, 11) is 1.65. The van der Waals surface area contributed by atoms with Gasteiger partial charge in [0.2, 0.25) is 0 Å². The first-order valence-electron chi connectivity index (χ1n) is 5.98. The average Bonchev–Trinajstić information content (AvgIpc) is 2.98. The minimum absolute atomic E-state index is 0.560. The van der Waals surface area contributed by atoms with E-state index < -0.39 is 6.10 Å². The normalized spacial score (nSPS) is 12.8. The second kappa shape index (κ2) is 4.96. The van der Waals surface area contributed by atoms with Crippen LogP contribution < -0.4 is 4.74 Å². The minimum Gasteiger partial charge on any atom is -0.497 e. The monoisotopic (exact) mass is 290 g/mol. The van der Waals surface area contributed by atoms with E-state index in [-0.39, 0.29) is 0 Å². The molecule has 0 aliphatic rings. The van der Waals surface area contributed by atoms with Crippen molar-refractivity contribution in [2.45, 2.75) is 13.0 Å². The highest BCUT2D eigenvalue weighted by molar-refractivity contribution is 7.26. The minimum atomic E-state index is -0.560. The summed E-state index contributed by atoms with van der Waals surface area (Å²) in [6.45, 7) is 2.00. The van der Waals surface area contributed by atoms with Gasteiger partial charge >= 0.3 is 0 Å². The van der Waals surface area contributed by atoms with Crippen LogP contribution in [0.2, 0.25) is 0 Å². The Morgan fingerprint density at radius 1 is 1.16 bits per heavy atom. The van der Waals surface area contributed by atoms with Crippen LogP contribution in [-0.4, -0.2) is 12.2 Å². The van der Waals surface area contributed by atoms with Crippen LogP contribution in [0.3, 0.4) is 0 Å². The number of thiophene rings is 2. The van der Waals surface area contributed by atoms with Gasteiger partial charge in [-0.15, -0.1) is 22.7 Å². The Kier molecular flexibility index (Phi) is 3.31. The van der Waals surface area contributed by atoms with Crippen molar-refractivity contribution in [1.29, 1.82) is 0 Å². The molecule has 2 aromatic heterocycles. The number of aryl methyl sites for hydroxylation is 1. The maximum absolute atomic E-state index is 10.5. The molecule has 1 atom stereocenters. The highest BCUT2D eigenvalue weighted by Gasteiger charge is 2.16. The topological polar surface area (TPSA) is 29.5 Å². The standard InChI is InChI=1S/C15H14O2S2/c1-9-7-10(17-2)3-4-11(9)15(16)14-8-13-12(19-14)5-6-18-13/h3-8,15-16H,1-2H3. The fourth-order valence-corrected chi connectivity index (χ4v) is 4.28. The van der Waals surface area contributed by atoms with Crippen LogP contribution in [0, 0.1) is 6.92 Å². The number of hydrogen-bond acceptors (Lipinski definition) is 4. The Labute approximate surface area is 119 Å². The van der Waals surface area contributed by atoms with Gasteiger partial charge in [-0.2, -0.15) is 0 Å². The van der Waals surface area contributed by atoms with Crippen molar-refractivity contribution in [3.05, 3.63) is 51.7 Å². The SMILES string of the molecule is COc1ccc(C(O)c2cc3sccc3s2)c(C)c1. The van der Waals surface area contributed by atoms with Crippen molar-refractivity contribution in [3.8, 4) is 5.75 Å². The molecular formula is C15H14O2S2. The summed E-state index contributed by atoms with van der Waals surface area (Å²) in [6, 6.07) is 9.96. The lowest BCUT2D eigenvalue weighted by molar-refractivity contribution is 0.223. The van der Waals surface area contributed by atoms with Crippen LogP contribution in [0.25, 0.3) is 9.40 Å². The van der Waals surface area contributed by atoms with E-state index in [9.17, 15) is 5.11 Å². The van der Waals surface area contributed by atoms with Gasteiger partial charge in [0.25, 0.3) is 0 Å². The van der Waals surface area contributed by atoms with Crippen molar-refractivity contribution in [2.24, 2.45) is 0 Å². The van der Waals surface area contributed by atoms with Gasteiger partial charge in [-0.3, -0.25) is 0 Å². The molecule has 0 amide bonds. The Bertz CT molecular complexity index is 683. The average molecular weight is 290 g/mol. The highest BCUT2D eigenvalue weighted by Crippen LogP contribution is 2.37. The summed E-state index contributed by atoms with van der Waals surface area (Å²) >= 11 is 3.37. The van der Waals surface area contributed by atoms with Crippen LogP contribution in [-0.2, 0) is 0 Å². The van der Waals surface area contributed by atoms with Crippen molar-refractivity contribution in [1.82, 2.24) is 0 Å². The molecule has 0 bridgehead atoms. The molecule has 0 saturated carbocycles. The summed E-state index contributed by atoms with van der Waals surface area (Å²) in [6.07, 6.45) is -0.560. The lowest BCUT2D eigenvalue weighted by atomic mass is 10.0. The molecule has 0 fully saturated rings. The summed E-state index contributed by atoms with van der Waals surface area (Å²) in [5.74, 6) is 0.820. The second-order valence-corrected chi connectivity index (χ2v) is 6.49. The van der Waals surface area contributed by atoms with Crippen LogP contribution >= 0.6 is 22.7 Å². The number of methoxy groups -OCH3 is 1. The third kappa shape index (κ3) is 2.27. The van der Waals surface area contributed by atoms with Crippen molar-refractivity contribution in [2.75, 3.05) is 7.11 Å². The zero-order valence-electron chi connectivity index (χ0n) is 10.7. The lowest BCUT2D eigenvalue weighted by Gasteiger charge is -2.13. The number of ether oxygens (including phenoxy) is 1. The predicted molar refractivity (Wildman–Crippen MR) is 81.5 cm³/mol. The maximum atomic E-state index is 10.5. The van der Waals surface area contributed by atoms with Crippen LogP contribution in [0.15, 0.2) is 35.7 Å². The molecule has 1 unspecified atom stereocenters. The fourth-order valence-electron chi connectivity index (χ4n) is 2.15. The van der Waals surface area contributed by atoms with Gasteiger partial charge in [-0.05, 0) is 47.7 Å². The van der Waals surface area contributed by atoms with Gasteiger partial charge in [-0.25, -0.2) is 0 Å². The van der Waals surface area contributed by atoms with Gasteiger partial charge in [0.1, 0.15) is 11.9 Å². The summed E-state index contributed by atoms with van der Waals surface area (Å²) < 4.78 is 7.68. The number of benzene rings is 1. The van der Waals surface area contributed by atoms with E-state index in [2.05, 4.69) is 17.5 Å². The van der Waals surface area contributed by atoms with E-state index in [0.29, 0.717) is 0 Å². The van der Waals surface area contributed by atoms with E-state index in [4.69, 9.17) is 4.74 Å². The van der Waals surface area contributed by atoms with Gasteiger partial charge in [0.05, 0.1) is 7.11 Å². The predicted octanol–water partition coefficient (Wildman–Crippen LogP) is 4.36. The van der Waals surface area contributed by atoms with E-state index >= 15 is 0 Å². The first-order valence-corrected chi connectivity index (χ1v) is 7.68. The lowest BCUT2D eigenvalue weighted by Crippen LogP contribution is -2.00. The van der Waals surface area contributed by atoms with Gasteiger partial charge in [-0.1, -0.05) is 6.07 Å². The Balaban J connectivity index is 1.99. The first kappa shape index (κ1) is 12.7. The summed E-state index contributed by atoms with van der Waals surface area (Å²) in [5, 5.41) is 12.6. The molecule has 0 aliphatic heterocycles. The zero-order chi connectivity index (χ0) is 13.4. The summed E-state index contributed by atoms with van der Waals surface area (Å²) in [5.41, 5.74) is 1.98.